The van der Waals surface area contributed by atoms with Crippen molar-refractivity contribution in [2.24, 2.45) is 0 Å². The van der Waals surface area contributed by atoms with Gasteiger partial charge in [0.2, 0.25) is 0 Å². The lowest BCUT2D eigenvalue weighted by Gasteiger charge is -2.22. The van der Waals surface area contributed by atoms with Crippen LogP contribution in [0.25, 0.3) is 16.0 Å². The molecule has 8 nitrogen and oxygen atoms in total. The van der Waals surface area contributed by atoms with Crippen LogP contribution in [-0.4, -0.2) is 40.0 Å². The molecular formula is C28H24N2O6S2. The van der Waals surface area contributed by atoms with Gasteiger partial charge in [0.15, 0.2) is 5.13 Å². The second kappa shape index (κ2) is 9.70. The smallest absolute Gasteiger partial charge is 0.335 e. The van der Waals surface area contributed by atoms with Gasteiger partial charge in [0, 0.05) is 10.4 Å². The Hall–Kier alpha value is -4.02. The second-order valence-corrected chi connectivity index (χ2v) is 11.2. The number of fused-ring (bicyclic) bond motifs is 1. The Labute approximate surface area is 226 Å². The van der Waals surface area contributed by atoms with Crippen molar-refractivity contribution >= 4 is 61.4 Å². The number of carboxylic acids is 1. The molecule has 1 aliphatic rings. The molecule has 1 unspecified atom stereocenters. The Bertz CT molecular complexity index is 1630. The number of aliphatic hydroxyl groups excluding tert-OH is 1. The first kappa shape index (κ1) is 25.6. The fourth-order valence-electron chi connectivity index (χ4n) is 4.62. The maximum Gasteiger partial charge on any atom is 0.335 e. The van der Waals surface area contributed by atoms with Gasteiger partial charge in [-0.1, -0.05) is 31.3 Å². The number of aryl methyl sites for hydroxylation is 1. The van der Waals surface area contributed by atoms with E-state index in [1.807, 2.05) is 38.3 Å². The number of ketones is 1. The number of Topliss-reactive ketones (excluding diaryl/α,β-unsaturated/α-hetero) is 1. The molecule has 2 aromatic heterocycles. The summed E-state index contributed by atoms with van der Waals surface area (Å²) >= 11 is 2.48. The van der Waals surface area contributed by atoms with Gasteiger partial charge in [-0.05, 0) is 65.7 Å². The van der Waals surface area contributed by atoms with Gasteiger partial charge in [-0.3, -0.25) is 14.5 Å². The fraction of sp³-hybridized carbons (Fsp3) is 0.214. The summed E-state index contributed by atoms with van der Waals surface area (Å²) in [5, 5.41) is 23.0. The van der Waals surface area contributed by atoms with Crippen LogP contribution in [0.1, 0.15) is 57.7 Å². The Kier molecular flexibility index (Phi) is 6.54. The lowest BCUT2D eigenvalue weighted by atomic mass is 9.92. The van der Waals surface area contributed by atoms with Crippen molar-refractivity contribution in [3.05, 3.63) is 80.5 Å². The second-order valence-electron chi connectivity index (χ2n) is 9.23. The van der Waals surface area contributed by atoms with Crippen LogP contribution in [-0.2, 0) is 9.59 Å². The number of anilines is 1. The van der Waals surface area contributed by atoms with Crippen molar-refractivity contribution in [1.82, 2.24) is 4.98 Å². The maximum atomic E-state index is 13.5. The van der Waals surface area contributed by atoms with Crippen LogP contribution in [0.2, 0.25) is 0 Å². The Morgan fingerprint density at radius 1 is 1.13 bits per heavy atom. The highest BCUT2D eigenvalue weighted by molar-refractivity contribution is 7.22. The zero-order valence-electron chi connectivity index (χ0n) is 21.0. The Morgan fingerprint density at radius 3 is 2.53 bits per heavy atom. The zero-order chi connectivity index (χ0) is 27.3. The molecule has 10 heteroatoms. The van der Waals surface area contributed by atoms with E-state index >= 15 is 0 Å². The minimum absolute atomic E-state index is 0.0223. The van der Waals surface area contributed by atoms with Crippen molar-refractivity contribution in [2.75, 3.05) is 12.0 Å². The van der Waals surface area contributed by atoms with Crippen LogP contribution in [0, 0.1) is 6.92 Å². The number of hydrogen-bond donors (Lipinski definition) is 2. The summed E-state index contributed by atoms with van der Waals surface area (Å²) < 4.78 is 6.09. The lowest BCUT2D eigenvalue weighted by molar-refractivity contribution is -0.132. The first-order chi connectivity index (χ1) is 18.1. The number of aliphatic hydroxyl groups is 1. The molecule has 1 aliphatic heterocycles. The van der Waals surface area contributed by atoms with Crippen molar-refractivity contribution < 1.29 is 29.3 Å². The lowest BCUT2D eigenvalue weighted by Crippen LogP contribution is -2.28. The van der Waals surface area contributed by atoms with E-state index in [0.29, 0.717) is 32.0 Å². The highest BCUT2D eigenvalue weighted by atomic mass is 32.1. The number of nitrogens with zero attached hydrogens (tertiary/aromatic N) is 2. The molecule has 1 fully saturated rings. The minimum atomic E-state index is -1.07. The predicted molar refractivity (Wildman–Crippen MR) is 148 cm³/mol. The third-order valence-corrected chi connectivity index (χ3v) is 8.48. The predicted octanol–water partition coefficient (Wildman–Crippen LogP) is 6.12. The largest absolute Gasteiger partial charge is 0.507 e. The molecule has 0 bridgehead atoms. The normalized spacial score (nSPS) is 17.1. The van der Waals surface area contributed by atoms with E-state index in [-0.39, 0.29) is 27.9 Å². The van der Waals surface area contributed by atoms with Gasteiger partial charge >= 0.3 is 11.9 Å². The Morgan fingerprint density at radius 2 is 1.89 bits per heavy atom. The van der Waals surface area contributed by atoms with Gasteiger partial charge in [-0.2, -0.15) is 0 Å². The molecule has 4 aromatic rings. The molecule has 1 atom stereocenters. The van der Waals surface area contributed by atoms with Gasteiger partial charge in [0.25, 0.3) is 5.78 Å². The average Bonchev–Trinajstić information content (AvgIpc) is 3.61. The molecule has 0 aliphatic carbocycles. The number of ether oxygens (including phenoxy) is 1. The Balaban J connectivity index is 1.71. The van der Waals surface area contributed by atoms with Crippen molar-refractivity contribution in [3.8, 4) is 5.75 Å². The van der Waals surface area contributed by atoms with Gasteiger partial charge < -0.3 is 14.9 Å². The number of carboxylic acid groups (broad SMARTS) is 1. The summed E-state index contributed by atoms with van der Waals surface area (Å²) in [4.78, 5) is 44.9. The van der Waals surface area contributed by atoms with Crippen LogP contribution >= 0.6 is 22.7 Å². The number of thiophene rings is 1. The van der Waals surface area contributed by atoms with Gasteiger partial charge in [0.05, 0.1) is 28.5 Å². The number of thiazole rings is 1. The number of aromatic carboxylic acids is 1. The number of benzene rings is 2. The van der Waals surface area contributed by atoms with Crippen molar-refractivity contribution in [2.45, 2.75) is 32.7 Å². The SMILES string of the molecule is COc1cc(C)c(/C(O)=C2\C(=O)C(=O)N(c3nc4ccc(C(=O)O)cc4s3)C2c2cccs2)cc1C(C)C. The molecule has 1 amide bonds. The number of aromatic nitrogens is 1. The highest BCUT2D eigenvalue weighted by Crippen LogP contribution is 2.46. The van der Waals surface area contributed by atoms with Crippen LogP contribution in [0.5, 0.6) is 5.75 Å². The number of rotatable bonds is 6. The molecule has 0 radical (unpaired) electrons. The molecule has 38 heavy (non-hydrogen) atoms. The highest BCUT2D eigenvalue weighted by Gasteiger charge is 2.48. The van der Waals surface area contributed by atoms with Gasteiger partial charge in [-0.15, -0.1) is 11.3 Å². The molecular weight excluding hydrogens is 524 g/mol. The first-order valence-corrected chi connectivity index (χ1v) is 13.5. The van der Waals surface area contributed by atoms with E-state index < -0.39 is 23.7 Å². The average molecular weight is 549 g/mol. The van der Waals surface area contributed by atoms with Crippen LogP contribution in [0.3, 0.4) is 0 Å². The van der Waals surface area contributed by atoms with Gasteiger partial charge in [0.1, 0.15) is 17.6 Å². The van der Waals surface area contributed by atoms with E-state index in [1.165, 1.54) is 28.4 Å². The number of carbonyl (C=O) groups is 3. The van der Waals surface area contributed by atoms with E-state index in [0.717, 1.165) is 16.9 Å². The van der Waals surface area contributed by atoms with E-state index in [4.69, 9.17) is 4.74 Å². The van der Waals surface area contributed by atoms with Crippen LogP contribution in [0.4, 0.5) is 5.13 Å². The zero-order valence-corrected chi connectivity index (χ0v) is 22.6. The molecule has 3 heterocycles. The molecule has 1 saturated heterocycles. The number of amides is 1. The fourth-order valence-corrected chi connectivity index (χ4v) is 6.48. The quantitative estimate of drug-likeness (QED) is 0.169. The number of methoxy groups -OCH3 is 1. The van der Waals surface area contributed by atoms with Crippen molar-refractivity contribution in [1.29, 1.82) is 0 Å². The molecule has 0 saturated carbocycles. The van der Waals surface area contributed by atoms with Gasteiger partial charge in [-0.25, -0.2) is 9.78 Å². The molecule has 0 spiro atoms. The summed E-state index contributed by atoms with van der Waals surface area (Å²) in [6, 6.07) is 10.8. The number of hydrogen-bond acceptors (Lipinski definition) is 8. The van der Waals surface area contributed by atoms with Crippen molar-refractivity contribution in [3.63, 3.8) is 0 Å². The topological polar surface area (TPSA) is 117 Å². The molecule has 194 valence electrons. The number of carbonyl (C=O) groups excluding carboxylic acids is 2. The standard InChI is InChI=1S/C28H24N2O6S2/c1-13(2)16-12-17(14(3)10-19(16)36-4)24(31)22-23(20-6-5-9-37-20)30(26(33)25(22)32)28-29-18-8-7-15(27(34)35)11-21(18)38-28/h5-13,23,31H,1-4H3,(H,34,35)/b24-22+. The minimum Gasteiger partial charge on any atom is -0.507 e. The molecule has 2 aromatic carbocycles. The summed E-state index contributed by atoms with van der Waals surface area (Å²) in [5.41, 5.74) is 2.59. The molecule has 5 rings (SSSR count). The summed E-state index contributed by atoms with van der Waals surface area (Å²) in [5.74, 6) is -2.19. The summed E-state index contributed by atoms with van der Waals surface area (Å²) in [7, 11) is 1.58. The monoisotopic (exact) mass is 548 g/mol. The van der Waals surface area contributed by atoms with E-state index in [9.17, 15) is 24.6 Å². The van der Waals surface area contributed by atoms with E-state index in [1.54, 1.807) is 25.3 Å². The third-order valence-electron chi connectivity index (χ3n) is 6.54. The van der Waals surface area contributed by atoms with Crippen LogP contribution in [0.15, 0.2) is 53.4 Å². The molecule has 2 N–H and O–H groups in total. The van der Waals surface area contributed by atoms with E-state index in [2.05, 4.69) is 4.98 Å². The van der Waals surface area contributed by atoms with Crippen LogP contribution < -0.4 is 9.64 Å². The maximum absolute atomic E-state index is 13.5. The summed E-state index contributed by atoms with van der Waals surface area (Å²) in [6.45, 7) is 5.82. The first-order valence-electron chi connectivity index (χ1n) is 11.8. The third kappa shape index (κ3) is 4.15. The summed E-state index contributed by atoms with van der Waals surface area (Å²) in [6.07, 6.45) is 0.